The van der Waals surface area contributed by atoms with E-state index in [0.29, 0.717) is 10.2 Å². The molecule has 19 heavy (non-hydrogen) atoms. The molecule has 1 saturated heterocycles. The van der Waals surface area contributed by atoms with E-state index in [9.17, 15) is 9.59 Å². The highest BCUT2D eigenvalue weighted by Gasteiger charge is 2.18. The lowest BCUT2D eigenvalue weighted by Crippen LogP contribution is -2.32. The molecule has 1 fully saturated rings. The average molecular weight is 328 g/mol. The number of aromatic carboxylic acids is 1. The van der Waals surface area contributed by atoms with Crippen LogP contribution in [0.1, 0.15) is 23.2 Å². The van der Waals surface area contributed by atoms with Gasteiger partial charge in [0.1, 0.15) is 5.75 Å². The van der Waals surface area contributed by atoms with Gasteiger partial charge in [0, 0.05) is 13.1 Å². The maximum atomic E-state index is 11.8. The minimum Gasteiger partial charge on any atom is -0.483 e. The predicted octanol–water partition coefficient (Wildman–Crippen LogP) is 2.15. The van der Waals surface area contributed by atoms with E-state index in [4.69, 9.17) is 9.84 Å². The van der Waals surface area contributed by atoms with Gasteiger partial charge < -0.3 is 14.7 Å². The molecule has 1 aliphatic heterocycles. The summed E-state index contributed by atoms with van der Waals surface area (Å²) in [6.07, 6.45) is 2.06. The van der Waals surface area contributed by atoms with E-state index in [1.54, 1.807) is 11.0 Å². The van der Waals surface area contributed by atoms with Gasteiger partial charge in [0.25, 0.3) is 5.91 Å². The number of carbonyl (C=O) groups is 2. The number of hydrogen-bond donors (Lipinski definition) is 1. The highest BCUT2D eigenvalue weighted by atomic mass is 79.9. The Hall–Kier alpha value is -1.56. The second-order valence-electron chi connectivity index (χ2n) is 4.33. The van der Waals surface area contributed by atoms with Crippen molar-refractivity contribution in [1.29, 1.82) is 0 Å². The summed E-state index contributed by atoms with van der Waals surface area (Å²) in [6.45, 7) is 1.48. The number of benzene rings is 1. The first kappa shape index (κ1) is 13.9. The number of halogens is 1. The molecule has 1 amide bonds. The number of rotatable bonds is 4. The summed E-state index contributed by atoms with van der Waals surface area (Å²) in [5.74, 6) is -0.721. The van der Waals surface area contributed by atoms with Gasteiger partial charge in [-0.25, -0.2) is 4.79 Å². The van der Waals surface area contributed by atoms with E-state index in [0.717, 1.165) is 25.9 Å². The molecule has 0 unspecified atom stereocenters. The largest absolute Gasteiger partial charge is 0.483 e. The Bertz CT molecular complexity index is 497. The van der Waals surface area contributed by atoms with Crippen molar-refractivity contribution in [3.63, 3.8) is 0 Å². The molecule has 5 nitrogen and oxygen atoms in total. The van der Waals surface area contributed by atoms with E-state index in [2.05, 4.69) is 15.9 Å². The van der Waals surface area contributed by atoms with E-state index in [1.807, 2.05) is 0 Å². The molecule has 0 spiro atoms. The van der Waals surface area contributed by atoms with Gasteiger partial charge in [-0.05, 0) is 47.0 Å². The van der Waals surface area contributed by atoms with Gasteiger partial charge >= 0.3 is 5.97 Å². The van der Waals surface area contributed by atoms with Crippen molar-refractivity contribution in [2.45, 2.75) is 12.8 Å². The summed E-state index contributed by atoms with van der Waals surface area (Å²) in [5.41, 5.74) is 0.131. The molecule has 1 N–H and O–H groups in total. The van der Waals surface area contributed by atoms with Crippen LogP contribution in [0.5, 0.6) is 5.75 Å². The molecule has 1 aromatic carbocycles. The first-order valence-electron chi connectivity index (χ1n) is 6.01. The van der Waals surface area contributed by atoms with E-state index in [1.165, 1.54) is 12.1 Å². The summed E-state index contributed by atoms with van der Waals surface area (Å²) in [5, 5.41) is 8.90. The fourth-order valence-electron chi connectivity index (χ4n) is 1.94. The fourth-order valence-corrected chi connectivity index (χ4v) is 2.31. The Morgan fingerprint density at radius 3 is 2.63 bits per heavy atom. The summed E-state index contributed by atoms with van der Waals surface area (Å²) < 4.78 is 6.03. The Balaban J connectivity index is 2.00. The lowest BCUT2D eigenvalue weighted by atomic mass is 10.2. The van der Waals surface area contributed by atoms with Crippen molar-refractivity contribution < 1.29 is 19.4 Å². The maximum absolute atomic E-state index is 11.8. The number of amides is 1. The van der Waals surface area contributed by atoms with Crippen molar-refractivity contribution in [3.05, 3.63) is 28.2 Å². The molecular formula is C13H14BrNO4. The third-order valence-electron chi connectivity index (χ3n) is 2.99. The molecule has 2 rings (SSSR count). The molecule has 0 aliphatic carbocycles. The standard InChI is InChI=1S/C13H14BrNO4/c14-10-4-3-9(13(17)18)7-11(10)19-8-12(16)15-5-1-2-6-15/h3-4,7H,1-2,5-6,8H2,(H,17,18). The number of carboxylic acid groups (broad SMARTS) is 1. The molecule has 0 aromatic heterocycles. The van der Waals surface area contributed by atoms with Crippen LogP contribution in [-0.2, 0) is 4.79 Å². The molecule has 0 saturated carbocycles. The Morgan fingerprint density at radius 1 is 1.32 bits per heavy atom. The fraction of sp³-hybridized carbons (Fsp3) is 0.385. The zero-order valence-corrected chi connectivity index (χ0v) is 11.9. The minimum atomic E-state index is -1.02. The van der Waals surface area contributed by atoms with Crippen LogP contribution >= 0.6 is 15.9 Å². The van der Waals surface area contributed by atoms with Gasteiger partial charge in [0.15, 0.2) is 6.61 Å². The van der Waals surface area contributed by atoms with E-state index >= 15 is 0 Å². The number of hydrogen-bond acceptors (Lipinski definition) is 3. The number of carboxylic acids is 1. The second-order valence-corrected chi connectivity index (χ2v) is 5.18. The van der Waals surface area contributed by atoms with Crippen molar-refractivity contribution in [2.75, 3.05) is 19.7 Å². The smallest absolute Gasteiger partial charge is 0.335 e. The zero-order chi connectivity index (χ0) is 13.8. The second kappa shape index (κ2) is 6.06. The molecule has 0 radical (unpaired) electrons. The lowest BCUT2D eigenvalue weighted by molar-refractivity contribution is -0.132. The van der Waals surface area contributed by atoms with Crippen molar-refractivity contribution in [2.24, 2.45) is 0 Å². The SMILES string of the molecule is O=C(O)c1ccc(Br)c(OCC(=O)N2CCCC2)c1. The first-order chi connectivity index (χ1) is 9.08. The van der Waals surface area contributed by atoms with Gasteiger partial charge in [0.2, 0.25) is 0 Å². The summed E-state index contributed by atoms with van der Waals surface area (Å²) in [7, 11) is 0. The molecule has 1 aromatic rings. The normalized spacial score (nSPS) is 14.5. The summed E-state index contributed by atoms with van der Waals surface area (Å²) in [4.78, 5) is 24.4. The topological polar surface area (TPSA) is 66.8 Å². The summed E-state index contributed by atoms with van der Waals surface area (Å²) in [6, 6.07) is 4.48. The quantitative estimate of drug-likeness (QED) is 0.920. The number of carbonyl (C=O) groups excluding carboxylic acids is 1. The van der Waals surface area contributed by atoms with Gasteiger partial charge in [-0.15, -0.1) is 0 Å². The van der Waals surface area contributed by atoms with Crippen molar-refractivity contribution in [1.82, 2.24) is 4.90 Å². The van der Waals surface area contributed by atoms with E-state index in [-0.39, 0.29) is 18.1 Å². The molecule has 102 valence electrons. The molecule has 0 atom stereocenters. The Morgan fingerprint density at radius 2 is 2.00 bits per heavy atom. The van der Waals surface area contributed by atoms with Crippen LogP contribution < -0.4 is 4.74 Å². The highest BCUT2D eigenvalue weighted by Crippen LogP contribution is 2.26. The van der Waals surface area contributed by atoms with Crippen LogP contribution in [0.3, 0.4) is 0 Å². The van der Waals surface area contributed by atoms with Crippen LogP contribution in [0.15, 0.2) is 22.7 Å². The Labute approximate surface area is 119 Å². The predicted molar refractivity (Wildman–Crippen MR) is 72.4 cm³/mol. The molecule has 1 heterocycles. The van der Waals surface area contributed by atoms with Crippen molar-refractivity contribution >= 4 is 27.8 Å². The lowest BCUT2D eigenvalue weighted by Gasteiger charge is -2.16. The summed E-state index contributed by atoms with van der Waals surface area (Å²) >= 11 is 3.27. The molecule has 1 aliphatic rings. The molecule has 6 heteroatoms. The van der Waals surface area contributed by atoms with Crippen LogP contribution in [0, 0.1) is 0 Å². The number of ether oxygens (including phenoxy) is 1. The third-order valence-corrected chi connectivity index (χ3v) is 3.64. The highest BCUT2D eigenvalue weighted by molar-refractivity contribution is 9.10. The average Bonchev–Trinajstić information content (AvgIpc) is 2.91. The monoisotopic (exact) mass is 327 g/mol. The van der Waals surface area contributed by atoms with Crippen LogP contribution in [0.25, 0.3) is 0 Å². The van der Waals surface area contributed by atoms with Gasteiger partial charge in [-0.1, -0.05) is 0 Å². The number of nitrogens with zero attached hydrogens (tertiary/aromatic N) is 1. The van der Waals surface area contributed by atoms with Crippen LogP contribution in [0.4, 0.5) is 0 Å². The van der Waals surface area contributed by atoms with Crippen molar-refractivity contribution in [3.8, 4) is 5.75 Å². The van der Waals surface area contributed by atoms with Gasteiger partial charge in [0.05, 0.1) is 10.0 Å². The number of likely N-dealkylation sites (tertiary alicyclic amines) is 1. The van der Waals surface area contributed by atoms with Gasteiger partial charge in [-0.2, -0.15) is 0 Å². The van der Waals surface area contributed by atoms with Gasteiger partial charge in [-0.3, -0.25) is 4.79 Å². The zero-order valence-electron chi connectivity index (χ0n) is 10.3. The third kappa shape index (κ3) is 3.47. The van der Waals surface area contributed by atoms with E-state index < -0.39 is 5.97 Å². The maximum Gasteiger partial charge on any atom is 0.335 e. The van der Waals surface area contributed by atoms with Crippen LogP contribution in [-0.4, -0.2) is 41.6 Å². The molecule has 0 bridgehead atoms. The Kier molecular flexibility index (Phi) is 4.42. The minimum absolute atomic E-state index is 0.0647. The first-order valence-corrected chi connectivity index (χ1v) is 6.80. The molecular weight excluding hydrogens is 314 g/mol. The van der Waals surface area contributed by atoms with Crippen LogP contribution in [0.2, 0.25) is 0 Å².